The van der Waals surface area contributed by atoms with Crippen molar-refractivity contribution in [3.05, 3.63) is 64.5 Å². The minimum Gasteiger partial charge on any atom is -0.326 e. The van der Waals surface area contributed by atoms with Crippen LogP contribution in [0.4, 0.5) is 10.1 Å². The zero-order chi connectivity index (χ0) is 15.0. The first-order valence-electron chi connectivity index (χ1n) is 6.78. The van der Waals surface area contributed by atoms with Crippen LogP contribution in [0.2, 0.25) is 0 Å². The van der Waals surface area contributed by atoms with Crippen molar-refractivity contribution in [3.8, 4) is 0 Å². The number of fused-ring (bicyclic) bond motifs is 1. The Kier molecular flexibility index (Phi) is 3.29. The van der Waals surface area contributed by atoms with E-state index < -0.39 is 0 Å². The van der Waals surface area contributed by atoms with Crippen molar-refractivity contribution in [3.63, 3.8) is 0 Å². The summed E-state index contributed by atoms with van der Waals surface area (Å²) in [5, 5.41) is 2.77. The summed E-state index contributed by atoms with van der Waals surface area (Å²) in [6, 6.07) is 9.64. The number of carbonyl (C=O) groups is 2. The van der Waals surface area contributed by atoms with E-state index >= 15 is 0 Å². The van der Waals surface area contributed by atoms with Crippen molar-refractivity contribution in [1.82, 2.24) is 0 Å². The molecule has 21 heavy (non-hydrogen) atoms. The maximum absolute atomic E-state index is 13.6. The van der Waals surface area contributed by atoms with Crippen LogP contribution in [-0.4, -0.2) is 11.7 Å². The number of amides is 1. The fraction of sp³-hybridized carbons (Fsp3) is 0.176. The average molecular weight is 283 g/mol. The molecule has 1 aliphatic rings. The van der Waals surface area contributed by atoms with Gasteiger partial charge in [0.2, 0.25) is 5.91 Å². The van der Waals surface area contributed by atoms with E-state index in [4.69, 9.17) is 0 Å². The van der Waals surface area contributed by atoms with E-state index in [1.54, 1.807) is 37.3 Å². The third kappa shape index (κ3) is 2.57. The molecule has 1 amide bonds. The summed E-state index contributed by atoms with van der Waals surface area (Å²) in [7, 11) is 0. The predicted molar refractivity (Wildman–Crippen MR) is 78.0 cm³/mol. The number of aryl methyl sites for hydroxylation is 2. The summed E-state index contributed by atoms with van der Waals surface area (Å²) in [4.78, 5) is 23.7. The summed E-state index contributed by atoms with van der Waals surface area (Å²) in [6.45, 7) is 1.66. The molecular weight excluding hydrogens is 269 g/mol. The van der Waals surface area contributed by atoms with E-state index in [9.17, 15) is 14.0 Å². The number of hydrogen-bond donors (Lipinski definition) is 1. The molecule has 0 spiro atoms. The molecule has 0 bridgehead atoms. The van der Waals surface area contributed by atoms with Gasteiger partial charge in [0.25, 0.3) is 0 Å². The second-order valence-corrected chi connectivity index (χ2v) is 5.21. The van der Waals surface area contributed by atoms with Crippen LogP contribution in [0.25, 0.3) is 0 Å². The molecule has 2 aromatic rings. The predicted octanol–water partition coefficient (Wildman–Crippen LogP) is 3.25. The van der Waals surface area contributed by atoms with Gasteiger partial charge in [-0.15, -0.1) is 0 Å². The Labute approximate surface area is 121 Å². The van der Waals surface area contributed by atoms with Gasteiger partial charge in [-0.3, -0.25) is 9.59 Å². The topological polar surface area (TPSA) is 46.2 Å². The zero-order valence-electron chi connectivity index (χ0n) is 11.6. The summed E-state index contributed by atoms with van der Waals surface area (Å²) in [5.74, 6) is -0.609. The second-order valence-electron chi connectivity index (χ2n) is 5.21. The first-order chi connectivity index (χ1) is 10.0. The number of carbonyl (C=O) groups excluding carboxylic acids is 2. The van der Waals surface area contributed by atoms with Gasteiger partial charge in [0, 0.05) is 23.2 Å². The summed E-state index contributed by atoms with van der Waals surface area (Å²) < 4.78 is 13.6. The lowest BCUT2D eigenvalue weighted by molar-refractivity contribution is -0.116. The molecule has 1 aliphatic heterocycles. The molecule has 3 rings (SSSR count). The molecule has 1 N–H and O–H groups in total. The standard InChI is InChI=1S/C17H14FNO2/c1-10-2-3-13(9-14(10)18)17(21)12-4-6-15-11(8-12)5-7-16(20)19-15/h2-4,6,8-9H,5,7H2,1H3,(H,19,20). The SMILES string of the molecule is Cc1ccc(C(=O)c2ccc3c(c2)CCC(=O)N3)cc1F. The van der Waals surface area contributed by atoms with Gasteiger partial charge in [0.15, 0.2) is 5.78 Å². The van der Waals surface area contributed by atoms with Gasteiger partial charge in [0.1, 0.15) is 5.82 Å². The molecule has 0 aromatic heterocycles. The maximum atomic E-state index is 13.6. The van der Waals surface area contributed by atoms with E-state index in [1.807, 2.05) is 0 Å². The molecule has 106 valence electrons. The third-order valence-corrected chi connectivity index (χ3v) is 3.70. The van der Waals surface area contributed by atoms with Crippen molar-refractivity contribution >= 4 is 17.4 Å². The summed E-state index contributed by atoms with van der Waals surface area (Å²) in [6.07, 6.45) is 1.04. The van der Waals surface area contributed by atoms with Crippen LogP contribution >= 0.6 is 0 Å². The molecule has 0 radical (unpaired) electrons. The number of hydrogen-bond acceptors (Lipinski definition) is 2. The fourth-order valence-corrected chi connectivity index (χ4v) is 2.43. The van der Waals surface area contributed by atoms with E-state index in [1.165, 1.54) is 6.07 Å². The molecule has 0 atom stereocenters. The molecule has 3 nitrogen and oxygen atoms in total. The summed E-state index contributed by atoms with van der Waals surface area (Å²) in [5.41, 5.74) is 3.04. The van der Waals surface area contributed by atoms with Crippen LogP contribution < -0.4 is 5.32 Å². The van der Waals surface area contributed by atoms with Crippen LogP contribution in [0, 0.1) is 12.7 Å². The third-order valence-electron chi connectivity index (χ3n) is 3.70. The monoisotopic (exact) mass is 283 g/mol. The molecular formula is C17H14FNO2. The maximum Gasteiger partial charge on any atom is 0.224 e. The molecule has 0 aliphatic carbocycles. The smallest absolute Gasteiger partial charge is 0.224 e. The van der Waals surface area contributed by atoms with Crippen LogP contribution in [0.1, 0.15) is 33.5 Å². The Balaban J connectivity index is 1.95. The van der Waals surface area contributed by atoms with Crippen molar-refractivity contribution < 1.29 is 14.0 Å². The molecule has 4 heteroatoms. The molecule has 0 saturated heterocycles. The number of ketones is 1. The lowest BCUT2D eigenvalue weighted by Crippen LogP contribution is -2.19. The van der Waals surface area contributed by atoms with Crippen molar-refractivity contribution in [2.75, 3.05) is 5.32 Å². The highest BCUT2D eigenvalue weighted by atomic mass is 19.1. The number of nitrogens with one attached hydrogen (secondary N) is 1. The van der Waals surface area contributed by atoms with Crippen molar-refractivity contribution in [2.24, 2.45) is 0 Å². The van der Waals surface area contributed by atoms with Gasteiger partial charge in [0.05, 0.1) is 0 Å². The largest absolute Gasteiger partial charge is 0.326 e. The van der Waals surface area contributed by atoms with Gasteiger partial charge in [-0.25, -0.2) is 4.39 Å². The highest BCUT2D eigenvalue weighted by Crippen LogP contribution is 2.25. The Hall–Kier alpha value is -2.49. The van der Waals surface area contributed by atoms with Crippen molar-refractivity contribution in [2.45, 2.75) is 19.8 Å². The van der Waals surface area contributed by atoms with Gasteiger partial charge < -0.3 is 5.32 Å². The number of rotatable bonds is 2. The minimum atomic E-state index is -0.383. The average Bonchev–Trinajstić information content (AvgIpc) is 2.49. The van der Waals surface area contributed by atoms with Crippen LogP contribution in [0.15, 0.2) is 36.4 Å². The number of benzene rings is 2. The minimum absolute atomic E-state index is 0.0119. The van der Waals surface area contributed by atoms with E-state index in [2.05, 4.69) is 5.32 Å². The highest BCUT2D eigenvalue weighted by molar-refractivity contribution is 6.09. The van der Waals surface area contributed by atoms with E-state index in [0.717, 1.165) is 11.3 Å². The Morgan fingerprint density at radius 1 is 1.10 bits per heavy atom. The van der Waals surface area contributed by atoms with Gasteiger partial charge in [-0.1, -0.05) is 12.1 Å². The normalized spacial score (nSPS) is 13.5. The highest BCUT2D eigenvalue weighted by Gasteiger charge is 2.17. The fourth-order valence-electron chi connectivity index (χ4n) is 2.43. The van der Waals surface area contributed by atoms with Crippen LogP contribution in [0.5, 0.6) is 0 Å². The molecule has 0 saturated carbocycles. The number of halogens is 1. The first kappa shape index (κ1) is 13.5. The number of anilines is 1. The van der Waals surface area contributed by atoms with Gasteiger partial charge in [-0.05, 0) is 48.7 Å². The van der Waals surface area contributed by atoms with Crippen LogP contribution in [-0.2, 0) is 11.2 Å². The van der Waals surface area contributed by atoms with Gasteiger partial charge in [-0.2, -0.15) is 0 Å². The molecule has 1 heterocycles. The zero-order valence-corrected chi connectivity index (χ0v) is 11.6. The van der Waals surface area contributed by atoms with Crippen LogP contribution in [0.3, 0.4) is 0 Å². The first-order valence-corrected chi connectivity index (χ1v) is 6.78. The summed E-state index contributed by atoms with van der Waals surface area (Å²) >= 11 is 0. The van der Waals surface area contributed by atoms with Gasteiger partial charge >= 0.3 is 0 Å². The second kappa shape index (κ2) is 5.13. The quantitative estimate of drug-likeness (QED) is 0.860. The Morgan fingerprint density at radius 3 is 2.57 bits per heavy atom. The van der Waals surface area contributed by atoms with Crippen molar-refractivity contribution in [1.29, 1.82) is 0 Å². The lowest BCUT2D eigenvalue weighted by atomic mass is 9.96. The lowest BCUT2D eigenvalue weighted by Gasteiger charge is -2.17. The molecule has 0 unspecified atom stereocenters. The Bertz CT molecular complexity index is 752. The Morgan fingerprint density at radius 2 is 1.81 bits per heavy atom. The molecule has 0 fully saturated rings. The van der Waals surface area contributed by atoms with E-state index in [0.29, 0.717) is 29.5 Å². The molecule has 2 aromatic carbocycles. The van der Waals surface area contributed by atoms with E-state index in [-0.39, 0.29) is 17.5 Å².